The van der Waals surface area contributed by atoms with Gasteiger partial charge in [0.15, 0.2) is 17.2 Å². The number of H-pyrrole nitrogens is 1. The minimum Gasteiger partial charge on any atom is -0.454 e. The average Bonchev–Trinajstić information content (AvgIpc) is 3.49. The summed E-state index contributed by atoms with van der Waals surface area (Å²) in [7, 11) is 0. The van der Waals surface area contributed by atoms with E-state index in [1.54, 1.807) is 0 Å². The van der Waals surface area contributed by atoms with Gasteiger partial charge in [0.2, 0.25) is 12.7 Å². The number of nitrogens with zero attached hydrogens (tertiary/aromatic N) is 3. The molecule has 2 aromatic carbocycles. The Morgan fingerprint density at radius 1 is 1.14 bits per heavy atom. The molecule has 0 spiro atoms. The number of fused-ring (bicyclic) bond motifs is 2. The number of nitrogens with one attached hydrogen (secondary N) is 2. The lowest BCUT2D eigenvalue weighted by molar-refractivity contribution is -0.118. The molecule has 2 aromatic heterocycles. The lowest BCUT2D eigenvalue weighted by atomic mass is 10.2. The zero-order valence-corrected chi connectivity index (χ0v) is 15.9. The van der Waals surface area contributed by atoms with Crippen molar-refractivity contribution in [1.82, 2.24) is 25.7 Å². The molecule has 1 aliphatic heterocycles. The molecule has 10 heteroatoms. The van der Waals surface area contributed by atoms with Crippen LogP contribution in [0.1, 0.15) is 5.56 Å². The third kappa shape index (κ3) is 3.61. The normalized spacial score (nSPS) is 12.4. The van der Waals surface area contributed by atoms with E-state index in [-0.39, 0.29) is 18.5 Å². The summed E-state index contributed by atoms with van der Waals surface area (Å²) in [4.78, 5) is 12.1. The van der Waals surface area contributed by atoms with Gasteiger partial charge in [0.25, 0.3) is 11.1 Å². The maximum absolute atomic E-state index is 12.1. The minimum absolute atomic E-state index is 0.141. The van der Waals surface area contributed by atoms with Crippen molar-refractivity contribution in [3.05, 3.63) is 48.0 Å². The average molecular weight is 409 g/mol. The summed E-state index contributed by atoms with van der Waals surface area (Å²) in [5.41, 5.74) is 2.41. The number of ether oxygens (including phenoxy) is 2. The molecule has 0 unspecified atom stereocenters. The molecule has 0 atom stereocenters. The van der Waals surface area contributed by atoms with Crippen LogP contribution in [0.2, 0.25) is 0 Å². The molecule has 3 heterocycles. The third-order valence-corrected chi connectivity index (χ3v) is 5.15. The van der Waals surface area contributed by atoms with Crippen molar-refractivity contribution in [2.24, 2.45) is 0 Å². The van der Waals surface area contributed by atoms with Crippen molar-refractivity contribution < 1.29 is 18.7 Å². The molecular weight excluding hydrogens is 394 g/mol. The van der Waals surface area contributed by atoms with Gasteiger partial charge >= 0.3 is 0 Å². The van der Waals surface area contributed by atoms with Gasteiger partial charge in [-0.25, -0.2) is 0 Å². The maximum Gasteiger partial charge on any atom is 0.277 e. The van der Waals surface area contributed by atoms with Crippen molar-refractivity contribution >= 4 is 28.6 Å². The van der Waals surface area contributed by atoms with E-state index in [0.717, 1.165) is 16.5 Å². The van der Waals surface area contributed by atoms with Gasteiger partial charge in [-0.3, -0.25) is 9.89 Å². The first-order valence-electron chi connectivity index (χ1n) is 8.81. The number of para-hydroxylation sites is 1. The predicted molar refractivity (Wildman–Crippen MR) is 105 cm³/mol. The Hall–Kier alpha value is -3.53. The number of amides is 1. The van der Waals surface area contributed by atoms with Gasteiger partial charge in [-0.2, -0.15) is 5.10 Å². The maximum atomic E-state index is 12.1. The van der Waals surface area contributed by atoms with Crippen LogP contribution in [0, 0.1) is 0 Å². The number of rotatable bonds is 6. The molecule has 4 aromatic rings. The van der Waals surface area contributed by atoms with Gasteiger partial charge in [0.1, 0.15) is 0 Å². The van der Waals surface area contributed by atoms with E-state index < -0.39 is 0 Å². The summed E-state index contributed by atoms with van der Waals surface area (Å²) in [6.45, 7) is 0.617. The van der Waals surface area contributed by atoms with Crippen LogP contribution in [0.15, 0.2) is 52.1 Å². The number of carbonyl (C=O) groups is 1. The lowest BCUT2D eigenvalue weighted by Gasteiger charge is -2.05. The zero-order chi connectivity index (χ0) is 19.6. The minimum atomic E-state index is -0.141. The van der Waals surface area contributed by atoms with Crippen molar-refractivity contribution in [3.8, 4) is 23.1 Å². The third-order valence-electron chi connectivity index (χ3n) is 4.33. The van der Waals surface area contributed by atoms with Crippen LogP contribution >= 0.6 is 11.8 Å². The van der Waals surface area contributed by atoms with Crippen molar-refractivity contribution in [1.29, 1.82) is 0 Å². The fourth-order valence-electron chi connectivity index (χ4n) is 2.92. The van der Waals surface area contributed by atoms with Crippen LogP contribution in [0.25, 0.3) is 22.5 Å². The fourth-order valence-corrected chi connectivity index (χ4v) is 3.51. The van der Waals surface area contributed by atoms with Crippen LogP contribution in [0.5, 0.6) is 11.5 Å². The lowest BCUT2D eigenvalue weighted by Crippen LogP contribution is -2.24. The van der Waals surface area contributed by atoms with E-state index in [1.807, 2.05) is 42.5 Å². The number of aromatic nitrogens is 4. The highest BCUT2D eigenvalue weighted by Gasteiger charge is 2.16. The van der Waals surface area contributed by atoms with Crippen LogP contribution in [0.4, 0.5) is 0 Å². The largest absolute Gasteiger partial charge is 0.454 e. The summed E-state index contributed by atoms with van der Waals surface area (Å²) in [6.07, 6.45) is 0. The van der Waals surface area contributed by atoms with Crippen molar-refractivity contribution in [3.63, 3.8) is 0 Å². The Labute approximate surface area is 168 Å². The van der Waals surface area contributed by atoms with E-state index in [2.05, 4.69) is 25.7 Å². The highest BCUT2D eigenvalue weighted by molar-refractivity contribution is 7.99. The molecule has 9 nitrogen and oxygen atoms in total. The molecule has 0 bridgehead atoms. The van der Waals surface area contributed by atoms with Crippen LogP contribution < -0.4 is 14.8 Å². The molecule has 5 rings (SSSR count). The zero-order valence-electron chi connectivity index (χ0n) is 15.0. The molecule has 0 saturated carbocycles. The van der Waals surface area contributed by atoms with Crippen molar-refractivity contribution in [2.45, 2.75) is 11.8 Å². The number of hydrogen-bond acceptors (Lipinski definition) is 8. The monoisotopic (exact) mass is 409 g/mol. The first-order chi connectivity index (χ1) is 14.3. The molecule has 0 radical (unpaired) electrons. The van der Waals surface area contributed by atoms with Crippen LogP contribution in [0.3, 0.4) is 0 Å². The molecule has 0 aliphatic carbocycles. The number of thioether (sulfide) groups is 1. The first kappa shape index (κ1) is 17.6. The number of aromatic amines is 1. The summed E-state index contributed by atoms with van der Waals surface area (Å²) >= 11 is 1.17. The molecule has 0 fully saturated rings. The molecule has 0 saturated heterocycles. The quantitative estimate of drug-likeness (QED) is 0.467. The summed E-state index contributed by atoms with van der Waals surface area (Å²) in [5.74, 6) is 1.74. The van der Waals surface area contributed by atoms with Gasteiger partial charge < -0.3 is 19.2 Å². The van der Waals surface area contributed by atoms with Gasteiger partial charge in [-0.05, 0) is 23.8 Å². The second-order valence-electron chi connectivity index (χ2n) is 6.24. The van der Waals surface area contributed by atoms with E-state index in [4.69, 9.17) is 13.9 Å². The van der Waals surface area contributed by atoms with E-state index in [9.17, 15) is 4.79 Å². The summed E-state index contributed by atoms with van der Waals surface area (Å²) < 4.78 is 16.3. The highest BCUT2D eigenvalue weighted by Crippen LogP contribution is 2.32. The SMILES string of the molecule is O=C(CSc1nnc(-c2n[nH]c3ccccc23)o1)NCc1ccc2c(c1)OCO2. The van der Waals surface area contributed by atoms with Crippen LogP contribution in [-0.2, 0) is 11.3 Å². The second-order valence-corrected chi connectivity index (χ2v) is 7.17. The van der Waals surface area contributed by atoms with Gasteiger partial charge in [-0.1, -0.05) is 36.0 Å². The highest BCUT2D eigenvalue weighted by atomic mass is 32.2. The summed E-state index contributed by atoms with van der Waals surface area (Å²) in [5, 5.41) is 19.3. The topological polar surface area (TPSA) is 115 Å². The summed E-state index contributed by atoms with van der Waals surface area (Å²) in [6, 6.07) is 13.3. The van der Waals surface area contributed by atoms with Crippen LogP contribution in [-0.4, -0.2) is 38.8 Å². The number of hydrogen-bond donors (Lipinski definition) is 2. The number of carbonyl (C=O) groups excluding carboxylic acids is 1. The van der Waals surface area contributed by atoms with Gasteiger partial charge in [0.05, 0.1) is 11.3 Å². The Bertz CT molecular complexity index is 1190. The Morgan fingerprint density at radius 3 is 3.00 bits per heavy atom. The number of benzene rings is 2. The van der Waals surface area contributed by atoms with Gasteiger partial charge in [0, 0.05) is 11.9 Å². The Kier molecular flexibility index (Phi) is 4.53. The standard InChI is InChI=1S/C19H15N5O4S/c25-16(20-8-11-5-6-14-15(7-11)27-10-26-14)9-29-19-24-23-18(28-19)17-12-3-1-2-4-13(12)21-22-17/h1-7H,8-10H2,(H,20,25)(H,21,22). The molecule has 2 N–H and O–H groups in total. The predicted octanol–water partition coefficient (Wildman–Crippen LogP) is 2.75. The van der Waals surface area contributed by atoms with E-state index in [1.165, 1.54) is 11.8 Å². The molecular formula is C19H15N5O4S. The molecule has 1 amide bonds. The molecule has 146 valence electrons. The van der Waals surface area contributed by atoms with Crippen molar-refractivity contribution in [2.75, 3.05) is 12.5 Å². The fraction of sp³-hybridized carbons (Fsp3) is 0.158. The Balaban J connectivity index is 1.17. The first-order valence-corrected chi connectivity index (χ1v) is 9.80. The Morgan fingerprint density at radius 2 is 2.03 bits per heavy atom. The van der Waals surface area contributed by atoms with Gasteiger partial charge in [-0.15, -0.1) is 10.2 Å². The second kappa shape index (κ2) is 7.47. The molecule has 1 aliphatic rings. The van der Waals surface area contributed by atoms with E-state index in [0.29, 0.717) is 34.9 Å². The van der Waals surface area contributed by atoms with E-state index >= 15 is 0 Å². The smallest absolute Gasteiger partial charge is 0.277 e. The molecule has 29 heavy (non-hydrogen) atoms.